The number of nitrogens with two attached hydrogens (primary N) is 1. The van der Waals surface area contributed by atoms with Gasteiger partial charge in [-0.1, -0.05) is 6.92 Å². The first-order chi connectivity index (χ1) is 9.40. The van der Waals surface area contributed by atoms with Gasteiger partial charge >= 0.3 is 5.97 Å². The van der Waals surface area contributed by atoms with Crippen LogP contribution in [0.1, 0.15) is 19.8 Å². The molecule has 0 heterocycles. The second-order valence-corrected chi connectivity index (χ2v) is 6.32. The number of esters is 1. The van der Waals surface area contributed by atoms with Crippen LogP contribution in [0.2, 0.25) is 0 Å². The SMILES string of the molecule is CCCN(c1ccc(N)cc1)S(=O)(=O)CCC(=O)OC. The minimum atomic E-state index is -3.56. The molecule has 0 unspecified atom stereocenters. The Morgan fingerprint density at radius 1 is 1.30 bits per heavy atom. The van der Waals surface area contributed by atoms with Crippen LogP contribution in [0.5, 0.6) is 0 Å². The highest BCUT2D eigenvalue weighted by molar-refractivity contribution is 7.92. The first kappa shape index (κ1) is 16.3. The van der Waals surface area contributed by atoms with Gasteiger partial charge in [0.2, 0.25) is 10.0 Å². The molecule has 0 aliphatic carbocycles. The molecule has 0 fully saturated rings. The number of carbonyl (C=O) groups is 1. The molecule has 6 nitrogen and oxygen atoms in total. The molecule has 0 aromatic heterocycles. The Morgan fingerprint density at radius 2 is 1.90 bits per heavy atom. The van der Waals surface area contributed by atoms with Crippen LogP contribution in [0.3, 0.4) is 0 Å². The van der Waals surface area contributed by atoms with Crippen LogP contribution in [-0.4, -0.2) is 33.8 Å². The number of hydrogen-bond acceptors (Lipinski definition) is 5. The summed E-state index contributed by atoms with van der Waals surface area (Å²) in [6, 6.07) is 6.60. The van der Waals surface area contributed by atoms with E-state index in [-0.39, 0.29) is 12.2 Å². The second-order valence-electron chi connectivity index (χ2n) is 4.31. The van der Waals surface area contributed by atoms with E-state index in [0.29, 0.717) is 24.3 Å². The Labute approximate surface area is 119 Å². The molecule has 0 atom stereocenters. The predicted octanol–water partition coefficient (Wildman–Crippen LogP) is 1.38. The number of hydrogen-bond donors (Lipinski definition) is 1. The summed E-state index contributed by atoms with van der Waals surface area (Å²) in [6.45, 7) is 2.24. The van der Waals surface area contributed by atoms with Crippen molar-refractivity contribution in [3.8, 4) is 0 Å². The number of carbonyl (C=O) groups excluding carboxylic acids is 1. The lowest BCUT2D eigenvalue weighted by Crippen LogP contribution is -2.34. The largest absolute Gasteiger partial charge is 0.469 e. The highest BCUT2D eigenvalue weighted by atomic mass is 32.2. The zero-order valence-corrected chi connectivity index (χ0v) is 12.5. The zero-order chi connectivity index (χ0) is 15.2. The zero-order valence-electron chi connectivity index (χ0n) is 11.7. The number of rotatable bonds is 7. The van der Waals surface area contributed by atoms with Gasteiger partial charge in [-0.05, 0) is 30.7 Å². The summed E-state index contributed by atoms with van der Waals surface area (Å²) in [5.74, 6) is -0.813. The highest BCUT2D eigenvalue weighted by Gasteiger charge is 2.23. The van der Waals surface area contributed by atoms with Gasteiger partial charge in [-0.2, -0.15) is 0 Å². The maximum atomic E-state index is 12.3. The third-order valence-corrected chi connectivity index (χ3v) is 4.52. The Balaban J connectivity index is 2.94. The fourth-order valence-electron chi connectivity index (χ4n) is 1.70. The maximum Gasteiger partial charge on any atom is 0.306 e. The number of sulfonamides is 1. The van der Waals surface area contributed by atoms with Crippen molar-refractivity contribution in [2.45, 2.75) is 19.8 Å². The van der Waals surface area contributed by atoms with Gasteiger partial charge in [-0.3, -0.25) is 9.10 Å². The third kappa shape index (κ3) is 4.41. The first-order valence-electron chi connectivity index (χ1n) is 6.33. The van der Waals surface area contributed by atoms with Crippen LogP contribution in [0.25, 0.3) is 0 Å². The summed E-state index contributed by atoms with van der Waals surface area (Å²) in [5.41, 5.74) is 6.71. The summed E-state index contributed by atoms with van der Waals surface area (Å²) < 4.78 is 30.4. The maximum absolute atomic E-state index is 12.3. The highest BCUT2D eigenvalue weighted by Crippen LogP contribution is 2.20. The van der Waals surface area contributed by atoms with Crippen molar-refractivity contribution in [1.82, 2.24) is 0 Å². The second kappa shape index (κ2) is 7.14. The molecule has 1 aromatic rings. The van der Waals surface area contributed by atoms with Crippen LogP contribution in [0.4, 0.5) is 11.4 Å². The molecule has 0 saturated carbocycles. The van der Waals surface area contributed by atoms with Crippen molar-refractivity contribution in [3.63, 3.8) is 0 Å². The summed E-state index contributed by atoms with van der Waals surface area (Å²) in [4.78, 5) is 11.1. The van der Waals surface area contributed by atoms with Crippen LogP contribution in [0.15, 0.2) is 24.3 Å². The van der Waals surface area contributed by atoms with Gasteiger partial charge in [-0.15, -0.1) is 0 Å². The van der Waals surface area contributed by atoms with E-state index in [1.165, 1.54) is 11.4 Å². The summed E-state index contributed by atoms with van der Waals surface area (Å²) in [7, 11) is -2.33. The van der Waals surface area contributed by atoms with Gasteiger partial charge in [0.15, 0.2) is 0 Å². The quantitative estimate of drug-likeness (QED) is 0.607. The molecule has 0 aliphatic rings. The summed E-state index contributed by atoms with van der Waals surface area (Å²) in [5, 5.41) is 0. The number of nitrogens with zero attached hydrogens (tertiary/aromatic N) is 1. The van der Waals surface area contributed by atoms with Crippen LogP contribution < -0.4 is 10.0 Å². The lowest BCUT2D eigenvalue weighted by atomic mass is 10.3. The van der Waals surface area contributed by atoms with E-state index in [1.807, 2.05) is 6.92 Å². The molecule has 1 aromatic carbocycles. The molecule has 0 spiro atoms. The van der Waals surface area contributed by atoms with Crippen LogP contribution >= 0.6 is 0 Å². The Morgan fingerprint density at radius 3 is 2.40 bits per heavy atom. The van der Waals surface area contributed by atoms with Crippen molar-refractivity contribution < 1.29 is 17.9 Å². The van der Waals surface area contributed by atoms with Crippen molar-refractivity contribution in [2.75, 3.05) is 29.4 Å². The summed E-state index contributed by atoms with van der Waals surface area (Å²) in [6.07, 6.45) is 0.510. The van der Waals surface area contributed by atoms with E-state index in [2.05, 4.69) is 4.74 Å². The lowest BCUT2D eigenvalue weighted by molar-refractivity contribution is -0.140. The fraction of sp³-hybridized carbons (Fsp3) is 0.462. The molecule has 0 bridgehead atoms. The van der Waals surface area contributed by atoms with Gasteiger partial charge in [0.1, 0.15) is 0 Å². The molecular weight excluding hydrogens is 280 g/mol. The molecule has 1 rings (SSSR count). The van der Waals surface area contributed by atoms with Crippen molar-refractivity contribution in [2.24, 2.45) is 0 Å². The average molecular weight is 300 g/mol. The molecular formula is C13H20N2O4S. The van der Waals surface area contributed by atoms with Gasteiger partial charge in [0.25, 0.3) is 0 Å². The monoisotopic (exact) mass is 300 g/mol. The number of methoxy groups -OCH3 is 1. The number of nitrogen functional groups attached to an aromatic ring is 1. The predicted molar refractivity (Wildman–Crippen MR) is 78.9 cm³/mol. The van der Waals surface area contributed by atoms with Crippen molar-refractivity contribution in [1.29, 1.82) is 0 Å². The summed E-state index contributed by atoms with van der Waals surface area (Å²) >= 11 is 0. The van der Waals surface area contributed by atoms with Crippen molar-refractivity contribution in [3.05, 3.63) is 24.3 Å². The van der Waals surface area contributed by atoms with Gasteiger partial charge in [0.05, 0.1) is 25.0 Å². The normalized spacial score (nSPS) is 11.1. The smallest absolute Gasteiger partial charge is 0.306 e. The Bertz CT molecular complexity index is 540. The average Bonchev–Trinajstić information content (AvgIpc) is 2.43. The topological polar surface area (TPSA) is 89.7 Å². The third-order valence-electron chi connectivity index (χ3n) is 2.74. The van der Waals surface area contributed by atoms with Crippen LogP contribution in [0, 0.1) is 0 Å². The number of benzene rings is 1. The lowest BCUT2D eigenvalue weighted by Gasteiger charge is -2.23. The first-order valence-corrected chi connectivity index (χ1v) is 7.94. The molecule has 0 amide bonds. The van der Waals surface area contributed by atoms with E-state index >= 15 is 0 Å². The van der Waals surface area contributed by atoms with Crippen LogP contribution in [-0.2, 0) is 19.6 Å². The number of ether oxygens (including phenoxy) is 1. The Hall–Kier alpha value is -1.76. The standard InChI is InChI=1S/C13H20N2O4S/c1-3-9-15(12-6-4-11(14)5-7-12)20(17,18)10-8-13(16)19-2/h4-7H,3,8-10,14H2,1-2H3. The minimum absolute atomic E-state index is 0.159. The van der Waals surface area contributed by atoms with E-state index < -0.39 is 16.0 Å². The molecule has 20 heavy (non-hydrogen) atoms. The fourth-order valence-corrected chi connectivity index (χ4v) is 3.25. The van der Waals surface area contributed by atoms with Crippen molar-refractivity contribution >= 4 is 27.4 Å². The molecule has 112 valence electrons. The van der Waals surface area contributed by atoms with E-state index in [0.717, 1.165) is 0 Å². The molecule has 0 saturated heterocycles. The Kier molecular flexibility index (Phi) is 5.82. The molecule has 7 heteroatoms. The van der Waals surface area contributed by atoms with Gasteiger partial charge in [0, 0.05) is 12.2 Å². The molecule has 0 radical (unpaired) electrons. The van der Waals surface area contributed by atoms with E-state index in [9.17, 15) is 13.2 Å². The van der Waals surface area contributed by atoms with E-state index in [1.54, 1.807) is 24.3 Å². The number of anilines is 2. The van der Waals surface area contributed by atoms with E-state index in [4.69, 9.17) is 5.73 Å². The van der Waals surface area contributed by atoms with Gasteiger partial charge in [-0.25, -0.2) is 8.42 Å². The van der Waals surface area contributed by atoms with Gasteiger partial charge < -0.3 is 10.5 Å². The molecule has 0 aliphatic heterocycles. The molecule has 2 N–H and O–H groups in total. The minimum Gasteiger partial charge on any atom is -0.469 e.